The highest BCUT2D eigenvalue weighted by atomic mass is 19.1. The number of pyridine rings is 1. The van der Waals surface area contributed by atoms with Crippen LogP contribution < -0.4 is 10.6 Å². The van der Waals surface area contributed by atoms with Crippen molar-refractivity contribution in [3.8, 4) is 22.4 Å². The molecule has 6 heterocycles. The number of anilines is 1. The molecule has 9 nitrogen and oxygen atoms in total. The van der Waals surface area contributed by atoms with E-state index < -0.39 is 5.82 Å². The van der Waals surface area contributed by atoms with E-state index in [0.29, 0.717) is 57.4 Å². The fraction of sp³-hybridized carbons (Fsp3) is 0.357. The lowest BCUT2D eigenvalue weighted by atomic mass is 10.1. The minimum Gasteiger partial charge on any atom is -0.452 e. The van der Waals surface area contributed by atoms with Crippen molar-refractivity contribution >= 4 is 27.9 Å². The van der Waals surface area contributed by atoms with Gasteiger partial charge in [-0.2, -0.15) is 10.1 Å². The number of hydrogen-bond donors (Lipinski definition) is 0. The molecule has 10 heteroatoms. The number of halogens is 1. The van der Waals surface area contributed by atoms with Crippen molar-refractivity contribution in [2.24, 2.45) is 7.05 Å². The van der Waals surface area contributed by atoms with Gasteiger partial charge in [-0.1, -0.05) is 0 Å². The second kappa shape index (κ2) is 9.05. The molecule has 0 radical (unpaired) electrons. The van der Waals surface area contributed by atoms with Crippen LogP contribution in [-0.4, -0.2) is 50.1 Å². The molecule has 2 fully saturated rings. The zero-order valence-electron chi connectivity index (χ0n) is 21.1. The molecule has 0 saturated carbocycles. The van der Waals surface area contributed by atoms with Crippen molar-refractivity contribution in [3.05, 3.63) is 59.2 Å². The van der Waals surface area contributed by atoms with Crippen LogP contribution in [0.25, 0.3) is 44.5 Å². The van der Waals surface area contributed by atoms with Gasteiger partial charge in [0.2, 0.25) is 0 Å². The van der Waals surface area contributed by atoms with Gasteiger partial charge >= 0.3 is 5.69 Å². The number of fused-ring (bicyclic) bond motifs is 3. The van der Waals surface area contributed by atoms with E-state index in [1.807, 2.05) is 12.1 Å². The third kappa shape index (κ3) is 3.87. The number of hydrogen-bond acceptors (Lipinski definition) is 7. The zero-order chi connectivity index (χ0) is 25.8. The van der Waals surface area contributed by atoms with Gasteiger partial charge < -0.3 is 14.1 Å². The summed E-state index contributed by atoms with van der Waals surface area (Å²) in [5.74, 6) is 0.474. The summed E-state index contributed by atoms with van der Waals surface area (Å²) in [6.07, 6.45) is 9.05. The minimum atomic E-state index is -0.423. The molecule has 194 valence electrons. The van der Waals surface area contributed by atoms with Crippen LogP contribution in [0, 0.1) is 5.82 Å². The highest BCUT2D eigenvalue weighted by molar-refractivity contribution is 6.08. The molecule has 0 bridgehead atoms. The van der Waals surface area contributed by atoms with Crippen molar-refractivity contribution in [1.82, 2.24) is 24.3 Å². The first-order chi connectivity index (χ1) is 18.5. The molecule has 0 spiro atoms. The molecule has 2 aliphatic rings. The highest BCUT2D eigenvalue weighted by Gasteiger charge is 2.24. The van der Waals surface area contributed by atoms with Crippen molar-refractivity contribution in [2.45, 2.75) is 38.3 Å². The normalized spacial score (nSPS) is 17.5. The van der Waals surface area contributed by atoms with E-state index in [0.717, 1.165) is 44.8 Å². The van der Waals surface area contributed by atoms with Crippen molar-refractivity contribution in [3.63, 3.8) is 0 Å². The van der Waals surface area contributed by atoms with Crippen LogP contribution in [0.1, 0.15) is 25.7 Å². The first kappa shape index (κ1) is 23.1. The average molecular weight is 515 g/mol. The Bertz CT molecular complexity index is 1710. The summed E-state index contributed by atoms with van der Waals surface area (Å²) in [6.45, 7) is 3.15. The number of rotatable bonds is 6. The predicted octanol–water partition coefficient (Wildman–Crippen LogP) is 4.52. The fourth-order valence-electron chi connectivity index (χ4n) is 5.42. The van der Waals surface area contributed by atoms with Crippen LogP contribution in [0.15, 0.2) is 52.1 Å². The van der Waals surface area contributed by atoms with E-state index >= 15 is 4.39 Å². The molecule has 4 aromatic heterocycles. The van der Waals surface area contributed by atoms with E-state index in [4.69, 9.17) is 9.15 Å². The van der Waals surface area contributed by atoms with E-state index in [1.54, 1.807) is 41.0 Å². The number of benzene rings is 1. The summed E-state index contributed by atoms with van der Waals surface area (Å²) < 4.78 is 30.5. The summed E-state index contributed by atoms with van der Waals surface area (Å²) in [4.78, 5) is 24.7. The first-order valence-corrected chi connectivity index (χ1v) is 13.0. The molecule has 1 aromatic carbocycles. The number of ether oxygens (including phenoxy) is 1. The van der Waals surface area contributed by atoms with Gasteiger partial charge in [-0.25, -0.2) is 14.2 Å². The molecular weight excluding hydrogens is 487 g/mol. The van der Waals surface area contributed by atoms with E-state index in [2.05, 4.69) is 20.0 Å². The molecule has 2 aliphatic heterocycles. The molecule has 1 unspecified atom stereocenters. The average Bonchev–Trinajstić information content (AvgIpc) is 3.62. The minimum absolute atomic E-state index is 0.108. The lowest BCUT2D eigenvalue weighted by Crippen LogP contribution is -2.37. The molecule has 2 saturated heterocycles. The van der Waals surface area contributed by atoms with Crippen LogP contribution in [0.2, 0.25) is 0 Å². The molecule has 5 aromatic rings. The monoisotopic (exact) mass is 514 g/mol. The summed E-state index contributed by atoms with van der Waals surface area (Å²) >= 11 is 0. The third-order valence-corrected chi connectivity index (χ3v) is 7.59. The van der Waals surface area contributed by atoms with Crippen LogP contribution in [-0.2, 0) is 18.3 Å². The SMILES string of the molecule is Cn1cc(-c2cc3c(cc2F)oc2c(-c4ccc(N5CCC5)nc4)nc(=O)n(CCC4CCCO4)c23)cn1. The van der Waals surface area contributed by atoms with Gasteiger partial charge in [-0.05, 0) is 43.9 Å². The quantitative estimate of drug-likeness (QED) is 0.329. The molecule has 1 atom stereocenters. The van der Waals surface area contributed by atoms with Gasteiger partial charge in [-0.15, -0.1) is 0 Å². The van der Waals surface area contributed by atoms with Crippen LogP contribution in [0.3, 0.4) is 0 Å². The maximum absolute atomic E-state index is 15.2. The van der Waals surface area contributed by atoms with Crippen molar-refractivity contribution in [1.29, 1.82) is 0 Å². The Labute approximate surface area is 217 Å². The third-order valence-electron chi connectivity index (χ3n) is 7.59. The summed E-state index contributed by atoms with van der Waals surface area (Å²) in [7, 11) is 1.79. The second-order valence-corrected chi connectivity index (χ2v) is 10.1. The van der Waals surface area contributed by atoms with E-state index in [9.17, 15) is 4.79 Å². The van der Waals surface area contributed by atoms with Crippen molar-refractivity contribution in [2.75, 3.05) is 24.6 Å². The maximum atomic E-state index is 15.2. The Morgan fingerprint density at radius 2 is 2.03 bits per heavy atom. The summed E-state index contributed by atoms with van der Waals surface area (Å²) in [6, 6.07) is 6.97. The summed E-state index contributed by atoms with van der Waals surface area (Å²) in [5, 5.41) is 4.84. The van der Waals surface area contributed by atoms with Gasteiger partial charge in [0.25, 0.3) is 0 Å². The Morgan fingerprint density at radius 3 is 2.71 bits per heavy atom. The molecule has 0 aliphatic carbocycles. The van der Waals surface area contributed by atoms with E-state index in [-0.39, 0.29) is 11.8 Å². The van der Waals surface area contributed by atoms with Crippen LogP contribution in [0.4, 0.5) is 10.2 Å². The summed E-state index contributed by atoms with van der Waals surface area (Å²) in [5.41, 5.74) is 3.13. The molecular formula is C28H27FN6O3. The zero-order valence-corrected chi connectivity index (χ0v) is 21.1. The molecule has 7 rings (SSSR count). The topological polar surface area (TPSA) is 91.2 Å². The van der Waals surface area contributed by atoms with Gasteiger partial charge in [-0.3, -0.25) is 9.25 Å². The lowest BCUT2D eigenvalue weighted by molar-refractivity contribution is 0.100. The van der Waals surface area contributed by atoms with Gasteiger partial charge in [0, 0.05) is 73.8 Å². The van der Waals surface area contributed by atoms with Crippen LogP contribution in [0.5, 0.6) is 0 Å². The lowest BCUT2D eigenvalue weighted by Gasteiger charge is -2.31. The Morgan fingerprint density at radius 1 is 1.13 bits per heavy atom. The Balaban J connectivity index is 1.42. The van der Waals surface area contributed by atoms with Gasteiger partial charge in [0.1, 0.15) is 28.4 Å². The Kier molecular flexibility index (Phi) is 5.50. The maximum Gasteiger partial charge on any atom is 0.348 e. The number of furan rings is 1. The van der Waals surface area contributed by atoms with Crippen molar-refractivity contribution < 1.29 is 13.5 Å². The van der Waals surface area contributed by atoms with Gasteiger partial charge in [0.15, 0.2) is 5.58 Å². The van der Waals surface area contributed by atoms with Crippen LogP contribution >= 0.6 is 0 Å². The Hall–Kier alpha value is -4.05. The fourth-order valence-corrected chi connectivity index (χ4v) is 5.42. The largest absolute Gasteiger partial charge is 0.452 e. The molecule has 0 amide bonds. The van der Waals surface area contributed by atoms with E-state index in [1.165, 1.54) is 6.07 Å². The van der Waals surface area contributed by atoms with Gasteiger partial charge in [0.05, 0.1) is 12.3 Å². The number of nitrogens with zero attached hydrogens (tertiary/aromatic N) is 6. The number of aryl methyl sites for hydroxylation is 2. The predicted molar refractivity (Wildman–Crippen MR) is 142 cm³/mol. The standard InChI is InChI=1S/C28H27FN6O3/c1-33-16-18(15-31-33)20-12-21-23(13-22(20)29)38-27-25(17-5-6-24(30-14-17)34-8-3-9-34)32-28(36)35(26(21)27)10-7-19-4-2-11-37-19/h5-6,12-16,19H,2-4,7-11H2,1H3. The second-order valence-electron chi connectivity index (χ2n) is 10.1. The highest BCUT2D eigenvalue weighted by Crippen LogP contribution is 2.37. The molecule has 38 heavy (non-hydrogen) atoms. The smallest absolute Gasteiger partial charge is 0.348 e. The first-order valence-electron chi connectivity index (χ1n) is 13.0. The number of aromatic nitrogens is 5. The molecule has 0 N–H and O–H groups in total.